The number of rotatable bonds is 12. The molecule has 25 heavy (non-hydrogen) atoms. The predicted molar refractivity (Wildman–Crippen MR) is 93.9 cm³/mol. The molecular formula is C18H36F3NO3. The third kappa shape index (κ3) is 13.5. The number of hydrogen-bond donors (Lipinski definition) is 1. The lowest BCUT2D eigenvalue weighted by molar-refractivity contribution is -0.228. The monoisotopic (exact) mass is 371 g/mol. The van der Waals surface area contributed by atoms with Crippen molar-refractivity contribution < 1.29 is 27.4 Å². The third-order valence-electron chi connectivity index (χ3n) is 4.06. The van der Waals surface area contributed by atoms with E-state index in [0.717, 1.165) is 51.8 Å². The zero-order valence-corrected chi connectivity index (χ0v) is 16.0. The van der Waals surface area contributed by atoms with Gasteiger partial charge in [0.2, 0.25) is 0 Å². The van der Waals surface area contributed by atoms with E-state index in [2.05, 4.69) is 5.32 Å². The highest BCUT2D eigenvalue weighted by molar-refractivity contribution is 4.76. The number of halogens is 3. The van der Waals surface area contributed by atoms with Crippen LogP contribution in [0, 0.1) is 5.92 Å². The smallest absolute Gasteiger partial charge is 0.385 e. The summed E-state index contributed by atoms with van der Waals surface area (Å²) in [5, 5.41) is 3.16. The Hall–Kier alpha value is -0.370. The number of ether oxygens (including phenoxy) is 3. The van der Waals surface area contributed by atoms with Crippen molar-refractivity contribution in [2.45, 2.75) is 64.7 Å². The lowest BCUT2D eigenvalue weighted by Crippen LogP contribution is -2.37. The van der Waals surface area contributed by atoms with E-state index in [1.807, 2.05) is 13.8 Å². The highest BCUT2D eigenvalue weighted by Gasteiger charge is 2.41. The summed E-state index contributed by atoms with van der Waals surface area (Å²) in [5.74, 6) is 0.0876. The van der Waals surface area contributed by atoms with Gasteiger partial charge in [0, 0.05) is 20.3 Å². The number of nitrogens with one attached hydrogen (secondary N) is 1. The summed E-state index contributed by atoms with van der Waals surface area (Å²) in [6.45, 7) is 7.07. The molecule has 0 aromatic heterocycles. The minimum atomic E-state index is -4.30. The summed E-state index contributed by atoms with van der Waals surface area (Å²) in [6.07, 6.45) is -1.48. The van der Waals surface area contributed by atoms with Gasteiger partial charge in [0.05, 0.1) is 13.2 Å². The molecule has 1 saturated heterocycles. The first-order chi connectivity index (χ1) is 12.0. The van der Waals surface area contributed by atoms with Gasteiger partial charge in [-0.2, -0.15) is 13.2 Å². The Morgan fingerprint density at radius 1 is 0.960 bits per heavy atom. The molecule has 1 heterocycles. The molecule has 0 aromatic rings. The summed E-state index contributed by atoms with van der Waals surface area (Å²) in [6, 6.07) is 0. The lowest BCUT2D eigenvalue weighted by atomic mass is 9.92. The highest BCUT2D eigenvalue weighted by atomic mass is 19.4. The van der Waals surface area contributed by atoms with Crippen molar-refractivity contribution in [1.82, 2.24) is 5.32 Å². The van der Waals surface area contributed by atoms with Gasteiger partial charge in [0.25, 0.3) is 0 Å². The molecule has 0 spiro atoms. The fraction of sp³-hybridized carbons (Fsp3) is 1.00. The number of alkyl halides is 3. The largest absolute Gasteiger partial charge is 0.414 e. The first-order valence-electron chi connectivity index (χ1n) is 9.49. The Balaban J connectivity index is 0.00000277. The van der Waals surface area contributed by atoms with Crippen LogP contribution in [0.3, 0.4) is 0 Å². The van der Waals surface area contributed by atoms with Crippen LogP contribution in [0.15, 0.2) is 0 Å². The molecule has 0 aliphatic carbocycles. The molecule has 0 radical (unpaired) electrons. The minimum absolute atomic E-state index is 0.00673. The van der Waals surface area contributed by atoms with E-state index in [-0.39, 0.29) is 25.6 Å². The molecule has 0 bridgehead atoms. The average Bonchev–Trinajstić information content (AvgIpc) is 2.61. The Kier molecular flexibility index (Phi) is 15.6. The second-order valence-corrected chi connectivity index (χ2v) is 6.00. The third-order valence-corrected chi connectivity index (χ3v) is 4.06. The van der Waals surface area contributed by atoms with Crippen molar-refractivity contribution >= 4 is 0 Å². The fourth-order valence-electron chi connectivity index (χ4n) is 2.69. The molecule has 0 amide bonds. The van der Waals surface area contributed by atoms with Gasteiger partial charge < -0.3 is 19.5 Å². The fourth-order valence-corrected chi connectivity index (χ4v) is 2.69. The molecule has 1 rings (SSSR count). The molecule has 1 N–H and O–H groups in total. The normalized spacial score (nSPS) is 17.0. The van der Waals surface area contributed by atoms with Crippen molar-refractivity contribution in [1.29, 1.82) is 0 Å². The summed E-state index contributed by atoms with van der Waals surface area (Å²) < 4.78 is 54.4. The van der Waals surface area contributed by atoms with Gasteiger partial charge in [0.15, 0.2) is 6.10 Å². The molecule has 1 aliphatic heterocycles. The van der Waals surface area contributed by atoms with E-state index in [1.54, 1.807) is 7.11 Å². The molecule has 4 nitrogen and oxygen atoms in total. The maximum Gasteiger partial charge on any atom is 0.414 e. The molecule has 1 unspecified atom stereocenters. The van der Waals surface area contributed by atoms with Crippen LogP contribution in [0.25, 0.3) is 0 Å². The molecule has 0 saturated carbocycles. The number of unbranched alkanes of at least 4 members (excludes halogenated alkanes) is 2. The van der Waals surface area contributed by atoms with Crippen LogP contribution in [0.4, 0.5) is 13.2 Å². The lowest BCUT2D eigenvalue weighted by Gasteiger charge is -2.28. The Morgan fingerprint density at radius 3 is 2.20 bits per heavy atom. The molecule has 1 atom stereocenters. The van der Waals surface area contributed by atoms with Crippen LogP contribution < -0.4 is 5.32 Å². The Bertz CT molecular complexity index is 285. The van der Waals surface area contributed by atoms with Gasteiger partial charge in [0.1, 0.15) is 0 Å². The van der Waals surface area contributed by atoms with Gasteiger partial charge in [-0.25, -0.2) is 0 Å². The second kappa shape index (κ2) is 15.9. The summed E-state index contributed by atoms with van der Waals surface area (Å²) in [7, 11) is 1.66. The van der Waals surface area contributed by atoms with E-state index in [1.165, 1.54) is 0 Å². The van der Waals surface area contributed by atoms with Crippen LogP contribution in [0.2, 0.25) is 0 Å². The first-order valence-corrected chi connectivity index (χ1v) is 9.49. The topological polar surface area (TPSA) is 39.7 Å². The molecule has 1 fully saturated rings. The quantitative estimate of drug-likeness (QED) is 0.523. The number of piperidine rings is 1. The van der Waals surface area contributed by atoms with Crippen LogP contribution in [-0.2, 0) is 14.2 Å². The van der Waals surface area contributed by atoms with Crippen LogP contribution in [0.1, 0.15) is 52.4 Å². The van der Waals surface area contributed by atoms with Crippen LogP contribution in [-0.4, -0.2) is 58.9 Å². The van der Waals surface area contributed by atoms with Gasteiger partial charge in [-0.1, -0.05) is 13.8 Å². The second-order valence-electron chi connectivity index (χ2n) is 6.00. The van der Waals surface area contributed by atoms with Crippen LogP contribution >= 0.6 is 0 Å². The Labute approximate surface area is 150 Å². The minimum Gasteiger partial charge on any atom is -0.385 e. The summed E-state index contributed by atoms with van der Waals surface area (Å²) >= 11 is 0. The number of hydrogen-bond acceptors (Lipinski definition) is 4. The SMILES string of the molecule is CC.COCCCCCOCCOC(CC1CCNCC1)C(F)(F)F. The van der Waals surface area contributed by atoms with Crippen LogP contribution in [0.5, 0.6) is 0 Å². The predicted octanol–water partition coefficient (Wildman–Crippen LogP) is 4.18. The van der Waals surface area contributed by atoms with Gasteiger partial charge in [-0.05, 0) is 57.5 Å². The highest BCUT2D eigenvalue weighted by Crippen LogP contribution is 2.30. The molecule has 152 valence electrons. The van der Waals surface area contributed by atoms with Crippen molar-refractivity contribution in [3.05, 3.63) is 0 Å². The van der Waals surface area contributed by atoms with Gasteiger partial charge >= 0.3 is 6.18 Å². The maximum absolute atomic E-state index is 13.0. The van der Waals surface area contributed by atoms with Gasteiger partial charge in [-0.3, -0.25) is 0 Å². The maximum atomic E-state index is 13.0. The van der Waals surface area contributed by atoms with Crippen molar-refractivity contribution in [2.75, 3.05) is 46.6 Å². The van der Waals surface area contributed by atoms with Crippen molar-refractivity contribution in [3.63, 3.8) is 0 Å². The van der Waals surface area contributed by atoms with Gasteiger partial charge in [-0.15, -0.1) is 0 Å². The van der Waals surface area contributed by atoms with E-state index in [9.17, 15) is 13.2 Å². The average molecular weight is 371 g/mol. The molecule has 0 aromatic carbocycles. The molecule has 7 heteroatoms. The molecule has 1 aliphatic rings. The van der Waals surface area contributed by atoms with Crippen molar-refractivity contribution in [2.24, 2.45) is 5.92 Å². The van der Waals surface area contributed by atoms with E-state index in [0.29, 0.717) is 6.61 Å². The standard InChI is InChI=1S/C16H30F3NO3.C2H6/c1-21-9-3-2-4-10-22-11-12-23-15(16(17,18)19)13-14-5-7-20-8-6-14;1-2/h14-15,20H,2-13H2,1H3;1-2H3. The molecular weight excluding hydrogens is 335 g/mol. The Morgan fingerprint density at radius 2 is 1.60 bits per heavy atom. The van der Waals surface area contributed by atoms with Crippen molar-refractivity contribution in [3.8, 4) is 0 Å². The summed E-state index contributed by atoms with van der Waals surface area (Å²) in [4.78, 5) is 0. The zero-order valence-electron chi connectivity index (χ0n) is 16.0. The van der Waals surface area contributed by atoms with E-state index >= 15 is 0 Å². The van der Waals surface area contributed by atoms with E-state index in [4.69, 9.17) is 14.2 Å². The zero-order chi connectivity index (χ0) is 19.0. The first kappa shape index (κ1) is 24.6. The summed E-state index contributed by atoms with van der Waals surface area (Å²) in [5.41, 5.74) is 0. The van der Waals surface area contributed by atoms with E-state index < -0.39 is 12.3 Å². The number of methoxy groups -OCH3 is 1.